The highest BCUT2D eigenvalue weighted by Crippen LogP contribution is 2.00. The molecule has 1 aromatic heterocycles. The van der Waals surface area contributed by atoms with Crippen LogP contribution in [0, 0.1) is 6.92 Å². The molecule has 1 heterocycles. The molecule has 2 radical (unpaired) electrons. The first-order chi connectivity index (χ1) is 6.07. The lowest BCUT2D eigenvalue weighted by Gasteiger charge is -2.07. The predicted octanol–water partition coefficient (Wildman–Crippen LogP) is 0.521. The molecule has 0 aliphatic heterocycles. The number of aryl methyl sites for hydroxylation is 1. The fourth-order valence-electron chi connectivity index (χ4n) is 1.32. The molecule has 0 N–H and O–H groups in total. The van der Waals surface area contributed by atoms with Gasteiger partial charge in [-0.1, -0.05) is 17.6 Å². The van der Waals surface area contributed by atoms with Gasteiger partial charge in [-0.2, -0.15) is 0 Å². The van der Waals surface area contributed by atoms with E-state index in [0.29, 0.717) is 11.0 Å². The van der Waals surface area contributed by atoms with Gasteiger partial charge in [0.25, 0.3) is 5.56 Å². The molecule has 1 rings (SSSR count). The van der Waals surface area contributed by atoms with Crippen molar-refractivity contribution in [3.05, 3.63) is 33.8 Å². The van der Waals surface area contributed by atoms with Gasteiger partial charge in [-0.15, -0.1) is 0 Å². The van der Waals surface area contributed by atoms with Crippen LogP contribution in [0.5, 0.6) is 0 Å². The maximum absolute atomic E-state index is 11.5. The quantitative estimate of drug-likeness (QED) is 0.567. The molecular formula is C10H12BNO. The molecule has 0 spiro atoms. The molecule has 1 aromatic rings. The van der Waals surface area contributed by atoms with Crippen molar-refractivity contribution in [1.82, 2.24) is 4.57 Å². The normalized spacial score (nSPS) is 11.0. The van der Waals surface area contributed by atoms with Gasteiger partial charge in [0, 0.05) is 18.8 Å². The summed E-state index contributed by atoms with van der Waals surface area (Å²) in [6.07, 6.45) is 5.37. The third kappa shape index (κ3) is 1.74. The lowest BCUT2D eigenvalue weighted by Crippen LogP contribution is -2.27. The van der Waals surface area contributed by atoms with Crippen molar-refractivity contribution in [3.8, 4) is 0 Å². The van der Waals surface area contributed by atoms with Gasteiger partial charge in [-0.25, -0.2) is 0 Å². The van der Waals surface area contributed by atoms with Gasteiger partial charge < -0.3 is 4.57 Å². The zero-order valence-corrected chi connectivity index (χ0v) is 8.16. The number of rotatable bonds is 1. The van der Waals surface area contributed by atoms with E-state index >= 15 is 0 Å². The van der Waals surface area contributed by atoms with Crippen molar-refractivity contribution in [2.75, 3.05) is 0 Å². The summed E-state index contributed by atoms with van der Waals surface area (Å²) >= 11 is 0. The second-order valence-corrected chi connectivity index (χ2v) is 3.04. The largest absolute Gasteiger partial charge is 0.319 e. The molecule has 0 fully saturated rings. The number of allylic oxidation sites excluding steroid dienone is 1. The number of nitrogens with zero attached hydrogens (tertiary/aromatic N) is 1. The maximum Gasteiger partial charge on any atom is 0.253 e. The van der Waals surface area contributed by atoms with E-state index in [2.05, 4.69) is 0 Å². The number of pyridine rings is 1. The topological polar surface area (TPSA) is 22.0 Å². The lowest BCUT2D eigenvalue weighted by atomic mass is 9.90. The van der Waals surface area contributed by atoms with Crippen LogP contribution in [0.25, 0.3) is 6.08 Å². The zero-order chi connectivity index (χ0) is 10.0. The molecule has 0 unspecified atom stereocenters. The minimum absolute atomic E-state index is 0.00213. The van der Waals surface area contributed by atoms with Crippen LogP contribution in [0.15, 0.2) is 17.1 Å². The maximum atomic E-state index is 11.5. The van der Waals surface area contributed by atoms with E-state index in [-0.39, 0.29) is 5.56 Å². The second-order valence-electron chi connectivity index (χ2n) is 3.04. The van der Waals surface area contributed by atoms with Crippen LogP contribution in [0.3, 0.4) is 0 Å². The minimum Gasteiger partial charge on any atom is -0.319 e. The Morgan fingerprint density at radius 1 is 1.54 bits per heavy atom. The Kier molecular flexibility index (Phi) is 2.76. The van der Waals surface area contributed by atoms with E-state index in [0.717, 1.165) is 5.56 Å². The SMILES string of the molecule is [B]c1cn(C)c(=O)c(C)c1/C=C\C. The van der Waals surface area contributed by atoms with Crippen molar-refractivity contribution < 1.29 is 0 Å². The van der Waals surface area contributed by atoms with Gasteiger partial charge in [-0.05, 0) is 19.4 Å². The highest BCUT2D eigenvalue weighted by atomic mass is 16.1. The number of hydrogen-bond donors (Lipinski definition) is 0. The highest BCUT2D eigenvalue weighted by Gasteiger charge is 2.03. The van der Waals surface area contributed by atoms with Gasteiger partial charge in [0.15, 0.2) is 0 Å². The van der Waals surface area contributed by atoms with Crippen molar-refractivity contribution in [3.63, 3.8) is 0 Å². The summed E-state index contributed by atoms with van der Waals surface area (Å²) < 4.78 is 1.50. The Labute approximate surface area is 79.3 Å². The summed E-state index contributed by atoms with van der Waals surface area (Å²) in [4.78, 5) is 11.5. The first-order valence-corrected chi connectivity index (χ1v) is 4.16. The first-order valence-electron chi connectivity index (χ1n) is 4.16. The molecule has 0 aromatic carbocycles. The Balaban J connectivity index is 3.53. The summed E-state index contributed by atoms with van der Waals surface area (Å²) in [5, 5.41) is 0. The van der Waals surface area contributed by atoms with E-state index in [4.69, 9.17) is 7.85 Å². The van der Waals surface area contributed by atoms with Crippen molar-refractivity contribution in [1.29, 1.82) is 0 Å². The summed E-state index contributed by atoms with van der Waals surface area (Å²) in [5.41, 5.74) is 2.16. The molecular weight excluding hydrogens is 161 g/mol. The molecule has 0 aliphatic carbocycles. The first kappa shape index (κ1) is 9.84. The third-order valence-corrected chi connectivity index (χ3v) is 2.02. The van der Waals surface area contributed by atoms with E-state index in [1.165, 1.54) is 4.57 Å². The van der Waals surface area contributed by atoms with E-state index in [1.807, 2.05) is 19.1 Å². The van der Waals surface area contributed by atoms with Crippen LogP contribution < -0.4 is 11.0 Å². The third-order valence-electron chi connectivity index (χ3n) is 2.02. The second kappa shape index (κ2) is 3.65. The van der Waals surface area contributed by atoms with Crippen LogP contribution in [-0.2, 0) is 7.05 Å². The summed E-state index contributed by atoms with van der Waals surface area (Å²) in [5.74, 6) is 0. The van der Waals surface area contributed by atoms with Gasteiger partial charge >= 0.3 is 0 Å². The van der Waals surface area contributed by atoms with E-state index in [1.54, 1.807) is 20.2 Å². The fraction of sp³-hybridized carbons (Fsp3) is 0.300. The van der Waals surface area contributed by atoms with Crippen LogP contribution in [0.1, 0.15) is 18.1 Å². The molecule has 0 saturated heterocycles. The standard InChI is InChI=1S/C10H12BNO/c1-4-5-8-7(2)10(13)12(3)6-9(8)11/h4-6H,1-3H3/b5-4-. The molecule has 3 heteroatoms. The van der Waals surface area contributed by atoms with Crippen molar-refractivity contribution in [2.24, 2.45) is 7.05 Å². The van der Waals surface area contributed by atoms with Crippen molar-refractivity contribution >= 4 is 19.4 Å². The average Bonchev–Trinajstić information content (AvgIpc) is 2.09. The summed E-state index contributed by atoms with van der Waals surface area (Å²) in [6.45, 7) is 3.68. The van der Waals surface area contributed by atoms with Crippen LogP contribution in [0.2, 0.25) is 0 Å². The molecule has 66 valence electrons. The monoisotopic (exact) mass is 173 g/mol. The Bertz CT molecular complexity index is 404. The zero-order valence-electron chi connectivity index (χ0n) is 8.16. The van der Waals surface area contributed by atoms with Gasteiger partial charge in [0.2, 0.25) is 0 Å². The van der Waals surface area contributed by atoms with Crippen LogP contribution in [0.4, 0.5) is 0 Å². The Morgan fingerprint density at radius 2 is 2.15 bits per heavy atom. The molecule has 0 saturated carbocycles. The van der Waals surface area contributed by atoms with Crippen LogP contribution >= 0.6 is 0 Å². The number of hydrogen-bond acceptors (Lipinski definition) is 1. The minimum atomic E-state index is 0.00213. The van der Waals surface area contributed by atoms with Gasteiger partial charge in [-0.3, -0.25) is 4.79 Å². The summed E-state index contributed by atoms with van der Waals surface area (Å²) in [7, 11) is 7.47. The summed E-state index contributed by atoms with van der Waals surface area (Å²) in [6, 6.07) is 0. The smallest absolute Gasteiger partial charge is 0.253 e. The highest BCUT2D eigenvalue weighted by molar-refractivity contribution is 6.34. The molecule has 0 atom stereocenters. The van der Waals surface area contributed by atoms with Gasteiger partial charge in [0.05, 0.1) is 0 Å². The van der Waals surface area contributed by atoms with Crippen LogP contribution in [-0.4, -0.2) is 12.4 Å². The van der Waals surface area contributed by atoms with Gasteiger partial charge in [0.1, 0.15) is 7.85 Å². The molecule has 0 amide bonds. The van der Waals surface area contributed by atoms with Crippen molar-refractivity contribution in [2.45, 2.75) is 13.8 Å². The molecule has 2 nitrogen and oxygen atoms in total. The lowest BCUT2D eigenvalue weighted by molar-refractivity contribution is 0.853. The predicted molar refractivity (Wildman–Crippen MR) is 56.5 cm³/mol. The van der Waals surface area contributed by atoms with E-state index < -0.39 is 0 Å². The fourth-order valence-corrected chi connectivity index (χ4v) is 1.32. The Hall–Kier alpha value is -1.25. The molecule has 13 heavy (non-hydrogen) atoms. The average molecular weight is 173 g/mol. The Morgan fingerprint density at radius 3 is 2.69 bits per heavy atom. The number of aromatic nitrogens is 1. The molecule has 0 aliphatic rings. The molecule has 0 bridgehead atoms. The van der Waals surface area contributed by atoms with E-state index in [9.17, 15) is 4.79 Å².